The fourth-order valence-electron chi connectivity index (χ4n) is 3.25. The molecule has 4 aromatic carbocycles. The standard InChI is InChI=1S/C25H19BrN2O2/c26-20-11-13-23(22(15-20)25(30)18-7-2-1-3-8-18)27-16-24(29)28-21-12-10-17-6-4-5-9-19(17)14-21/h1-15,27H,16H2,(H,28,29). The largest absolute Gasteiger partial charge is 0.376 e. The first-order valence-electron chi connectivity index (χ1n) is 9.52. The topological polar surface area (TPSA) is 58.2 Å². The van der Waals surface area contributed by atoms with Crippen LogP contribution in [0.5, 0.6) is 0 Å². The highest BCUT2D eigenvalue weighted by molar-refractivity contribution is 9.10. The molecule has 0 heterocycles. The molecule has 0 bridgehead atoms. The number of hydrogen-bond acceptors (Lipinski definition) is 3. The van der Waals surface area contributed by atoms with Crippen molar-refractivity contribution >= 4 is 49.8 Å². The van der Waals surface area contributed by atoms with Gasteiger partial charge in [-0.2, -0.15) is 0 Å². The number of carbonyl (C=O) groups excluding carboxylic acids is 2. The Morgan fingerprint density at radius 2 is 1.50 bits per heavy atom. The van der Waals surface area contributed by atoms with Gasteiger partial charge in [0, 0.05) is 27.0 Å². The van der Waals surface area contributed by atoms with Gasteiger partial charge >= 0.3 is 0 Å². The predicted molar refractivity (Wildman–Crippen MR) is 125 cm³/mol. The third-order valence-corrected chi connectivity index (χ3v) is 5.23. The van der Waals surface area contributed by atoms with Gasteiger partial charge < -0.3 is 10.6 Å². The summed E-state index contributed by atoms with van der Waals surface area (Å²) < 4.78 is 0.799. The second kappa shape index (κ2) is 8.93. The first-order chi connectivity index (χ1) is 14.6. The van der Waals surface area contributed by atoms with E-state index in [4.69, 9.17) is 0 Å². The van der Waals surface area contributed by atoms with Gasteiger partial charge in [0.1, 0.15) is 0 Å². The van der Waals surface area contributed by atoms with Crippen LogP contribution < -0.4 is 10.6 Å². The van der Waals surface area contributed by atoms with Gasteiger partial charge in [0.15, 0.2) is 5.78 Å². The number of ketones is 1. The molecule has 4 nitrogen and oxygen atoms in total. The Bertz CT molecular complexity index is 1220. The molecule has 0 spiro atoms. The summed E-state index contributed by atoms with van der Waals surface area (Å²) in [7, 11) is 0. The summed E-state index contributed by atoms with van der Waals surface area (Å²) in [4.78, 5) is 25.4. The number of anilines is 2. The Kier molecular flexibility index (Phi) is 5.91. The van der Waals surface area contributed by atoms with Crippen LogP contribution in [0.4, 0.5) is 11.4 Å². The summed E-state index contributed by atoms with van der Waals surface area (Å²) in [5.41, 5.74) is 2.45. The second-order valence-electron chi connectivity index (χ2n) is 6.85. The summed E-state index contributed by atoms with van der Waals surface area (Å²) in [6, 6.07) is 28.3. The van der Waals surface area contributed by atoms with Crippen LogP contribution in [0.25, 0.3) is 10.8 Å². The Morgan fingerprint density at radius 1 is 0.767 bits per heavy atom. The minimum absolute atomic E-state index is 0.0452. The van der Waals surface area contributed by atoms with Crippen molar-refractivity contribution in [3.05, 3.63) is 107 Å². The summed E-state index contributed by atoms with van der Waals surface area (Å²) in [6.45, 7) is 0.0452. The molecule has 0 aliphatic rings. The zero-order valence-corrected chi connectivity index (χ0v) is 17.6. The monoisotopic (exact) mass is 458 g/mol. The van der Waals surface area contributed by atoms with E-state index in [0.29, 0.717) is 16.8 Å². The van der Waals surface area contributed by atoms with Gasteiger partial charge in [0.2, 0.25) is 5.91 Å². The highest BCUT2D eigenvalue weighted by atomic mass is 79.9. The van der Waals surface area contributed by atoms with Gasteiger partial charge in [-0.3, -0.25) is 9.59 Å². The second-order valence-corrected chi connectivity index (χ2v) is 7.76. The zero-order valence-electron chi connectivity index (χ0n) is 16.1. The van der Waals surface area contributed by atoms with Crippen molar-refractivity contribution in [2.75, 3.05) is 17.2 Å². The van der Waals surface area contributed by atoms with E-state index in [2.05, 4.69) is 26.6 Å². The number of nitrogens with one attached hydrogen (secondary N) is 2. The average Bonchev–Trinajstić information content (AvgIpc) is 2.78. The molecule has 0 fully saturated rings. The molecule has 4 rings (SSSR count). The molecule has 148 valence electrons. The van der Waals surface area contributed by atoms with Crippen LogP contribution in [0.2, 0.25) is 0 Å². The minimum Gasteiger partial charge on any atom is -0.376 e. The van der Waals surface area contributed by atoms with E-state index in [1.54, 1.807) is 24.3 Å². The van der Waals surface area contributed by atoms with E-state index in [1.807, 2.05) is 66.7 Å². The molecule has 5 heteroatoms. The number of carbonyl (C=O) groups is 2. The van der Waals surface area contributed by atoms with Gasteiger partial charge in [0.05, 0.1) is 6.54 Å². The van der Waals surface area contributed by atoms with Crippen molar-refractivity contribution in [2.45, 2.75) is 0 Å². The van der Waals surface area contributed by atoms with Crippen molar-refractivity contribution in [2.24, 2.45) is 0 Å². The van der Waals surface area contributed by atoms with Crippen LogP contribution >= 0.6 is 15.9 Å². The summed E-state index contributed by atoms with van der Waals surface area (Å²) in [5.74, 6) is -0.291. The number of benzene rings is 4. The molecule has 0 aromatic heterocycles. The van der Waals surface area contributed by atoms with E-state index in [-0.39, 0.29) is 18.2 Å². The third-order valence-electron chi connectivity index (χ3n) is 4.73. The Labute approximate surface area is 183 Å². The lowest BCUT2D eigenvalue weighted by Crippen LogP contribution is -2.22. The van der Waals surface area contributed by atoms with Gasteiger partial charge in [-0.15, -0.1) is 0 Å². The van der Waals surface area contributed by atoms with E-state index in [9.17, 15) is 9.59 Å². The number of hydrogen-bond donors (Lipinski definition) is 2. The molecule has 0 aliphatic heterocycles. The lowest BCUT2D eigenvalue weighted by molar-refractivity contribution is -0.114. The van der Waals surface area contributed by atoms with Crippen LogP contribution in [-0.4, -0.2) is 18.2 Å². The van der Waals surface area contributed by atoms with Crippen molar-refractivity contribution in [1.82, 2.24) is 0 Å². The smallest absolute Gasteiger partial charge is 0.243 e. The average molecular weight is 459 g/mol. The van der Waals surface area contributed by atoms with Crippen molar-refractivity contribution < 1.29 is 9.59 Å². The zero-order chi connectivity index (χ0) is 20.9. The molecule has 30 heavy (non-hydrogen) atoms. The minimum atomic E-state index is -0.189. The van der Waals surface area contributed by atoms with Gasteiger partial charge in [0.25, 0.3) is 0 Å². The van der Waals surface area contributed by atoms with Crippen molar-refractivity contribution in [1.29, 1.82) is 0 Å². The van der Waals surface area contributed by atoms with E-state index < -0.39 is 0 Å². The lowest BCUT2D eigenvalue weighted by Gasteiger charge is -2.13. The van der Waals surface area contributed by atoms with Gasteiger partial charge in [-0.1, -0.05) is 76.6 Å². The molecular formula is C25H19BrN2O2. The van der Waals surface area contributed by atoms with E-state index in [0.717, 1.165) is 20.9 Å². The Balaban J connectivity index is 1.47. The fourth-order valence-corrected chi connectivity index (χ4v) is 3.61. The highest BCUT2D eigenvalue weighted by Gasteiger charge is 2.15. The number of fused-ring (bicyclic) bond motifs is 1. The molecular weight excluding hydrogens is 440 g/mol. The maximum atomic E-state index is 12.9. The summed E-state index contributed by atoms with van der Waals surface area (Å²) in [5, 5.41) is 8.18. The normalized spacial score (nSPS) is 10.6. The number of halogens is 1. The van der Waals surface area contributed by atoms with Crippen LogP contribution in [0.3, 0.4) is 0 Å². The Hall–Kier alpha value is -3.44. The quantitative estimate of drug-likeness (QED) is 0.354. The summed E-state index contributed by atoms with van der Waals surface area (Å²) in [6.07, 6.45) is 0. The first-order valence-corrected chi connectivity index (χ1v) is 10.3. The van der Waals surface area contributed by atoms with Crippen LogP contribution in [0.15, 0.2) is 95.5 Å². The lowest BCUT2D eigenvalue weighted by atomic mass is 10.0. The van der Waals surface area contributed by atoms with Crippen LogP contribution in [0.1, 0.15) is 15.9 Å². The first kappa shape index (κ1) is 19.9. The third kappa shape index (κ3) is 4.58. The van der Waals surface area contributed by atoms with Crippen LogP contribution in [0, 0.1) is 0 Å². The van der Waals surface area contributed by atoms with E-state index in [1.165, 1.54) is 0 Å². The highest BCUT2D eigenvalue weighted by Crippen LogP contribution is 2.24. The van der Waals surface area contributed by atoms with Crippen LogP contribution in [-0.2, 0) is 4.79 Å². The van der Waals surface area contributed by atoms with Gasteiger partial charge in [-0.25, -0.2) is 0 Å². The van der Waals surface area contributed by atoms with Crippen molar-refractivity contribution in [3.8, 4) is 0 Å². The molecule has 0 saturated heterocycles. The molecule has 2 N–H and O–H groups in total. The molecule has 0 saturated carbocycles. The molecule has 0 atom stereocenters. The Morgan fingerprint density at radius 3 is 2.30 bits per heavy atom. The van der Waals surface area contributed by atoms with Crippen molar-refractivity contribution in [3.63, 3.8) is 0 Å². The number of rotatable bonds is 6. The predicted octanol–water partition coefficient (Wildman–Crippen LogP) is 5.88. The van der Waals surface area contributed by atoms with Gasteiger partial charge in [-0.05, 0) is 41.1 Å². The maximum Gasteiger partial charge on any atom is 0.243 e. The SMILES string of the molecule is O=C(CNc1ccc(Br)cc1C(=O)c1ccccc1)Nc1ccc2ccccc2c1. The molecule has 0 unspecified atom stereocenters. The molecule has 1 amide bonds. The molecule has 0 radical (unpaired) electrons. The summed E-state index contributed by atoms with van der Waals surface area (Å²) >= 11 is 3.42. The molecule has 4 aromatic rings. The van der Waals surface area contributed by atoms with E-state index >= 15 is 0 Å². The number of amides is 1. The fraction of sp³-hybridized carbons (Fsp3) is 0.0400. The molecule has 0 aliphatic carbocycles. The maximum absolute atomic E-state index is 12.9.